The number of nitrogens with zero attached hydrogens (tertiary/aromatic N) is 1. The van der Waals surface area contributed by atoms with Gasteiger partial charge in [-0.15, -0.1) is 0 Å². The molecule has 9 heteroatoms. The summed E-state index contributed by atoms with van der Waals surface area (Å²) in [6.07, 6.45) is 1.01. The predicted molar refractivity (Wildman–Crippen MR) is 112 cm³/mol. The van der Waals surface area contributed by atoms with Crippen LogP contribution < -0.4 is 19.1 Å². The third-order valence-electron chi connectivity index (χ3n) is 4.48. The lowest BCUT2D eigenvalue weighted by Crippen LogP contribution is -2.51. The molecule has 2 aromatic carbocycles. The van der Waals surface area contributed by atoms with E-state index in [9.17, 15) is 13.2 Å². The van der Waals surface area contributed by atoms with Crippen LogP contribution in [0.1, 0.15) is 13.3 Å². The first-order valence-corrected chi connectivity index (χ1v) is 11.4. The van der Waals surface area contributed by atoms with Gasteiger partial charge in [0.15, 0.2) is 11.5 Å². The van der Waals surface area contributed by atoms with Crippen LogP contribution in [-0.2, 0) is 14.8 Å². The summed E-state index contributed by atoms with van der Waals surface area (Å²) in [6, 6.07) is 12.7. The van der Waals surface area contributed by atoms with E-state index in [4.69, 9.17) is 21.1 Å². The molecule has 1 amide bonds. The Labute approximate surface area is 175 Å². The van der Waals surface area contributed by atoms with Crippen LogP contribution in [0.4, 0.5) is 5.69 Å². The Balaban J connectivity index is 1.71. The van der Waals surface area contributed by atoms with Gasteiger partial charge in [0.05, 0.1) is 18.5 Å². The average Bonchev–Trinajstić information content (AvgIpc) is 2.70. The maximum Gasteiger partial charge on any atom is 0.244 e. The summed E-state index contributed by atoms with van der Waals surface area (Å²) >= 11 is 5.91. The predicted octanol–water partition coefficient (Wildman–Crippen LogP) is 2.84. The van der Waals surface area contributed by atoms with E-state index < -0.39 is 22.0 Å². The highest BCUT2D eigenvalue weighted by molar-refractivity contribution is 7.92. The topological polar surface area (TPSA) is 84.9 Å². The molecule has 1 aliphatic rings. The molecule has 0 saturated heterocycles. The Hall–Kier alpha value is -2.45. The lowest BCUT2D eigenvalue weighted by molar-refractivity contribution is -0.122. The van der Waals surface area contributed by atoms with Crippen molar-refractivity contribution in [3.05, 3.63) is 53.6 Å². The van der Waals surface area contributed by atoms with Gasteiger partial charge in [0.2, 0.25) is 15.9 Å². The molecule has 1 N–H and O–H groups in total. The summed E-state index contributed by atoms with van der Waals surface area (Å²) in [6.45, 7) is 2.25. The number of nitrogens with one attached hydrogen (secondary N) is 1. The molecule has 2 aromatic rings. The van der Waals surface area contributed by atoms with Crippen LogP contribution in [-0.4, -0.2) is 45.9 Å². The van der Waals surface area contributed by atoms with Gasteiger partial charge in [-0.25, -0.2) is 8.42 Å². The number of hydrogen-bond donors (Lipinski definition) is 1. The van der Waals surface area contributed by atoms with Gasteiger partial charge in [0.25, 0.3) is 0 Å². The van der Waals surface area contributed by atoms with Crippen molar-refractivity contribution in [3.63, 3.8) is 0 Å². The van der Waals surface area contributed by atoms with E-state index in [1.54, 1.807) is 37.3 Å². The van der Waals surface area contributed by atoms with Crippen molar-refractivity contribution in [1.29, 1.82) is 0 Å². The normalized spacial score (nSPS) is 16.7. The summed E-state index contributed by atoms with van der Waals surface area (Å²) < 4.78 is 37.5. The Morgan fingerprint density at radius 1 is 1.21 bits per heavy atom. The second-order valence-electron chi connectivity index (χ2n) is 6.70. The molecule has 2 atom stereocenters. The van der Waals surface area contributed by atoms with E-state index in [-0.39, 0.29) is 12.6 Å². The van der Waals surface area contributed by atoms with E-state index in [0.717, 1.165) is 10.6 Å². The number of carbonyl (C=O) groups excluding carboxylic acids is 1. The lowest BCUT2D eigenvalue weighted by Gasteiger charge is -2.31. The molecule has 0 aromatic heterocycles. The fourth-order valence-corrected chi connectivity index (χ4v) is 4.48. The first-order chi connectivity index (χ1) is 13.8. The Morgan fingerprint density at radius 2 is 1.86 bits per heavy atom. The minimum atomic E-state index is -3.70. The molecule has 0 bridgehead atoms. The molecule has 0 spiro atoms. The van der Waals surface area contributed by atoms with Crippen LogP contribution in [0.15, 0.2) is 48.5 Å². The van der Waals surface area contributed by atoms with Gasteiger partial charge in [0, 0.05) is 5.02 Å². The maximum atomic E-state index is 12.9. The maximum absolute atomic E-state index is 12.9. The molecular weight excluding hydrogens is 416 g/mol. The van der Waals surface area contributed by atoms with E-state index in [2.05, 4.69) is 5.32 Å². The second kappa shape index (κ2) is 8.92. The molecular formula is C20H23ClN2O5S. The molecule has 0 unspecified atom stereocenters. The molecule has 0 fully saturated rings. The molecule has 0 saturated carbocycles. The van der Waals surface area contributed by atoms with Crippen molar-refractivity contribution < 1.29 is 22.7 Å². The standard InChI is InChI=1S/C20H23ClN2O5S/c1-3-17(23(29(2,25)26)15-10-8-14(21)9-11-15)20(24)22-12-16-13-27-18-6-4-5-7-19(18)28-16/h4-11,16-17H,3,12-13H2,1-2H3,(H,22,24)/t16-,17+/m1/s1. The summed E-state index contributed by atoms with van der Waals surface area (Å²) in [7, 11) is -3.70. The quantitative estimate of drug-likeness (QED) is 0.718. The molecule has 1 aliphatic heterocycles. The number of halogens is 1. The minimum Gasteiger partial charge on any atom is -0.486 e. The van der Waals surface area contributed by atoms with Crippen molar-refractivity contribution in [2.45, 2.75) is 25.5 Å². The van der Waals surface area contributed by atoms with Crippen LogP contribution in [0.2, 0.25) is 5.02 Å². The van der Waals surface area contributed by atoms with Gasteiger partial charge in [-0.3, -0.25) is 9.10 Å². The molecule has 0 aliphatic carbocycles. The van der Waals surface area contributed by atoms with Gasteiger partial charge in [-0.1, -0.05) is 30.7 Å². The second-order valence-corrected chi connectivity index (χ2v) is 9.00. The lowest BCUT2D eigenvalue weighted by atomic mass is 10.2. The molecule has 29 heavy (non-hydrogen) atoms. The molecule has 0 radical (unpaired) electrons. The first kappa shape index (κ1) is 21.3. The average molecular weight is 439 g/mol. The van der Waals surface area contributed by atoms with Crippen LogP contribution in [0.25, 0.3) is 0 Å². The number of anilines is 1. The molecule has 1 heterocycles. The molecule has 7 nitrogen and oxygen atoms in total. The fourth-order valence-electron chi connectivity index (χ4n) is 3.14. The molecule has 3 rings (SSSR count). The molecule has 156 valence electrons. The van der Waals surface area contributed by atoms with E-state index >= 15 is 0 Å². The minimum absolute atomic E-state index is 0.196. The SMILES string of the molecule is CC[C@@H](C(=O)NC[C@@H]1COc2ccccc2O1)N(c1ccc(Cl)cc1)S(C)(=O)=O. The van der Waals surface area contributed by atoms with Crippen LogP contribution in [0.5, 0.6) is 11.5 Å². The van der Waals surface area contributed by atoms with Crippen molar-refractivity contribution in [1.82, 2.24) is 5.32 Å². The van der Waals surface area contributed by atoms with Gasteiger partial charge in [-0.05, 0) is 42.8 Å². The number of sulfonamides is 1. The van der Waals surface area contributed by atoms with Gasteiger partial charge >= 0.3 is 0 Å². The number of ether oxygens (including phenoxy) is 2. The summed E-state index contributed by atoms with van der Waals surface area (Å²) in [5.41, 5.74) is 0.380. The number of amides is 1. The van der Waals surface area contributed by atoms with Gasteiger partial charge in [0.1, 0.15) is 18.8 Å². The van der Waals surface area contributed by atoms with Crippen LogP contribution >= 0.6 is 11.6 Å². The zero-order valence-electron chi connectivity index (χ0n) is 16.2. The number of para-hydroxylation sites is 2. The Morgan fingerprint density at radius 3 is 2.48 bits per heavy atom. The van der Waals surface area contributed by atoms with Crippen LogP contribution in [0.3, 0.4) is 0 Å². The number of rotatable bonds is 7. The van der Waals surface area contributed by atoms with E-state index in [1.165, 1.54) is 0 Å². The summed E-state index contributed by atoms with van der Waals surface area (Å²) in [5, 5.41) is 3.27. The zero-order chi connectivity index (χ0) is 21.0. The Bertz CT molecular complexity index is 965. The first-order valence-electron chi connectivity index (χ1n) is 9.20. The Kier molecular flexibility index (Phi) is 6.54. The zero-order valence-corrected chi connectivity index (χ0v) is 17.7. The monoisotopic (exact) mass is 438 g/mol. The number of hydrogen-bond acceptors (Lipinski definition) is 5. The third kappa shape index (κ3) is 5.13. The van der Waals surface area contributed by atoms with Crippen molar-refractivity contribution in [3.8, 4) is 11.5 Å². The van der Waals surface area contributed by atoms with Crippen molar-refractivity contribution >= 4 is 33.2 Å². The highest BCUT2D eigenvalue weighted by Crippen LogP contribution is 2.30. The summed E-state index contributed by atoms with van der Waals surface area (Å²) in [5.74, 6) is 0.867. The van der Waals surface area contributed by atoms with Crippen molar-refractivity contribution in [2.75, 3.05) is 23.7 Å². The smallest absolute Gasteiger partial charge is 0.244 e. The van der Waals surface area contributed by atoms with E-state index in [1.807, 2.05) is 18.2 Å². The van der Waals surface area contributed by atoms with E-state index in [0.29, 0.717) is 35.2 Å². The number of benzene rings is 2. The number of carbonyl (C=O) groups is 1. The third-order valence-corrected chi connectivity index (χ3v) is 5.91. The van der Waals surface area contributed by atoms with Crippen LogP contribution in [0, 0.1) is 0 Å². The summed E-state index contributed by atoms with van der Waals surface area (Å²) in [4.78, 5) is 12.9. The van der Waals surface area contributed by atoms with Gasteiger partial charge in [-0.2, -0.15) is 0 Å². The fraction of sp³-hybridized carbons (Fsp3) is 0.350. The largest absolute Gasteiger partial charge is 0.486 e. The highest BCUT2D eigenvalue weighted by atomic mass is 35.5. The highest BCUT2D eigenvalue weighted by Gasteiger charge is 2.32. The number of fused-ring (bicyclic) bond motifs is 1. The van der Waals surface area contributed by atoms with Crippen molar-refractivity contribution in [2.24, 2.45) is 0 Å². The van der Waals surface area contributed by atoms with Gasteiger partial charge < -0.3 is 14.8 Å².